The van der Waals surface area contributed by atoms with Gasteiger partial charge in [-0.15, -0.1) is 0 Å². The van der Waals surface area contributed by atoms with Crippen molar-refractivity contribution < 1.29 is 4.79 Å². The Kier molecular flexibility index (Phi) is 4.67. The molecule has 1 N–H and O–H groups in total. The first-order valence-corrected chi connectivity index (χ1v) is 9.10. The van der Waals surface area contributed by atoms with Crippen molar-refractivity contribution in [2.75, 3.05) is 0 Å². The Balaban J connectivity index is 1.92. The molecule has 5 heteroatoms. The van der Waals surface area contributed by atoms with Gasteiger partial charge in [-0.1, -0.05) is 20.8 Å². The maximum Gasteiger partial charge on any atom is 0.265 e. The molecule has 0 bridgehead atoms. The number of amides is 1. The van der Waals surface area contributed by atoms with E-state index in [9.17, 15) is 9.59 Å². The lowest BCUT2D eigenvalue weighted by atomic mass is 9.70. The van der Waals surface area contributed by atoms with Crippen LogP contribution < -0.4 is 10.9 Å². The van der Waals surface area contributed by atoms with E-state index >= 15 is 0 Å². The second-order valence-corrected chi connectivity index (χ2v) is 8.11. The minimum atomic E-state index is -0.271. The lowest BCUT2D eigenvalue weighted by molar-refractivity contribution is 0.0872. The molecule has 2 aromatic heterocycles. The molecule has 0 aromatic carbocycles. The number of aryl methyl sites for hydroxylation is 1. The Morgan fingerprint density at radius 2 is 2.16 bits per heavy atom. The average molecular weight is 341 g/mol. The summed E-state index contributed by atoms with van der Waals surface area (Å²) in [4.78, 5) is 29.9. The van der Waals surface area contributed by atoms with Gasteiger partial charge in [-0.2, -0.15) is 0 Å². The summed E-state index contributed by atoms with van der Waals surface area (Å²) in [7, 11) is 0. The first-order chi connectivity index (χ1) is 11.8. The number of nitrogens with one attached hydrogen (secondary N) is 1. The normalized spacial score (nSPS) is 22.7. The molecule has 1 aliphatic carbocycles. The molecule has 1 aliphatic rings. The molecule has 1 fully saturated rings. The lowest BCUT2D eigenvalue weighted by Gasteiger charge is -2.39. The molecule has 2 unspecified atom stereocenters. The van der Waals surface area contributed by atoms with Gasteiger partial charge in [-0.3, -0.25) is 14.2 Å². The third-order valence-electron chi connectivity index (χ3n) is 5.13. The quantitative estimate of drug-likeness (QED) is 0.931. The molecule has 2 aromatic rings. The molecule has 2 atom stereocenters. The Morgan fingerprint density at radius 3 is 2.84 bits per heavy atom. The Hall–Kier alpha value is -2.17. The van der Waals surface area contributed by atoms with Crippen LogP contribution in [-0.2, 0) is 6.54 Å². The first kappa shape index (κ1) is 17.6. The fourth-order valence-corrected chi connectivity index (χ4v) is 4.38. The topological polar surface area (TPSA) is 64.0 Å². The number of aromatic nitrogens is 2. The molecule has 1 amide bonds. The van der Waals surface area contributed by atoms with E-state index in [0.717, 1.165) is 18.2 Å². The molecule has 2 heterocycles. The van der Waals surface area contributed by atoms with Crippen molar-refractivity contribution in [3.05, 3.63) is 40.3 Å². The number of hydrogen-bond acceptors (Lipinski definition) is 3. The molecular formula is C20H27N3O2. The monoisotopic (exact) mass is 341 g/mol. The van der Waals surface area contributed by atoms with E-state index in [-0.39, 0.29) is 28.5 Å². The van der Waals surface area contributed by atoms with Crippen molar-refractivity contribution in [2.24, 2.45) is 11.3 Å². The summed E-state index contributed by atoms with van der Waals surface area (Å²) in [6, 6.07) is 5.49. The van der Waals surface area contributed by atoms with Crippen molar-refractivity contribution in [1.29, 1.82) is 0 Å². The van der Waals surface area contributed by atoms with Gasteiger partial charge in [-0.05, 0) is 55.7 Å². The van der Waals surface area contributed by atoms with E-state index in [2.05, 4.69) is 31.1 Å². The molecular weight excluding hydrogens is 314 g/mol. The number of hydrogen-bond donors (Lipinski definition) is 1. The SMILES string of the molecule is CCn1c(=O)c(C(=O)NC2CC(C)CC(C)(C)C2)cc2cccnc21. The van der Waals surface area contributed by atoms with Crippen molar-refractivity contribution in [1.82, 2.24) is 14.9 Å². The summed E-state index contributed by atoms with van der Waals surface area (Å²) < 4.78 is 1.57. The van der Waals surface area contributed by atoms with Gasteiger partial charge in [0.1, 0.15) is 11.2 Å². The van der Waals surface area contributed by atoms with Crippen LogP contribution in [0.1, 0.15) is 57.3 Å². The van der Waals surface area contributed by atoms with Gasteiger partial charge in [0.2, 0.25) is 0 Å². The van der Waals surface area contributed by atoms with Gasteiger partial charge in [0, 0.05) is 24.2 Å². The van der Waals surface area contributed by atoms with E-state index in [1.54, 1.807) is 16.8 Å². The zero-order valence-electron chi connectivity index (χ0n) is 15.5. The standard InChI is InChI=1S/C20H27N3O2/c1-5-23-17-14(7-6-8-21-17)10-16(19(23)25)18(24)22-15-9-13(2)11-20(3,4)12-15/h6-8,10,13,15H,5,9,11-12H2,1-4H3,(H,22,24). The highest BCUT2D eigenvalue weighted by atomic mass is 16.2. The minimum Gasteiger partial charge on any atom is -0.349 e. The van der Waals surface area contributed by atoms with Gasteiger partial charge in [0.25, 0.3) is 11.5 Å². The highest BCUT2D eigenvalue weighted by Crippen LogP contribution is 2.38. The first-order valence-electron chi connectivity index (χ1n) is 9.10. The second-order valence-electron chi connectivity index (χ2n) is 8.11. The molecule has 0 saturated heterocycles. The van der Waals surface area contributed by atoms with Crippen LogP contribution in [0.5, 0.6) is 0 Å². The molecule has 0 spiro atoms. The Bertz CT molecular complexity index is 854. The van der Waals surface area contributed by atoms with Crippen molar-refractivity contribution >= 4 is 16.9 Å². The van der Waals surface area contributed by atoms with Crippen molar-refractivity contribution in [3.63, 3.8) is 0 Å². The zero-order valence-corrected chi connectivity index (χ0v) is 15.5. The molecule has 25 heavy (non-hydrogen) atoms. The maximum absolute atomic E-state index is 12.8. The van der Waals surface area contributed by atoms with Crippen LogP contribution in [0.25, 0.3) is 11.0 Å². The van der Waals surface area contributed by atoms with Crippen molar-refractivity contribution in [2.45, 2.75) is 59.5 Å². The number of pyridine rings is 2. The van der Waals surface area contributed by atoms with Crippen molar-refractivity contribution in [3.8, 4) is 0 Å². The molecule has 134 valence electrons. The van der Waals surface area contributed by atoms with Gasteiger partial charge in [0.15, 0.2) is 0 Å². The average Bonchev–Trinajstić information content (AvgIpc) is 2.52. The summed E-state index contributed by atoms with van der Waals surface area (Å²) in [6.07, 6.45) is 4.75. The predicted octanol–water partition coefficient (Wildman–Crippen LogP) is 3.36. The van der Waals surface area contributed by atoms with E-state index in [1.807, 2.05) is 19.1 Å². The van der Waals surface area contributed by atoms with Gasteiger partial charge < -0.3 is 5.32 Å². The van der Waals surface area contributed by atoms with Crippen LogP contribution in [0.3, 0.4) is 0 Å². The third kappa shape index (κ3) is 3.60. The third-order valence-corrected chi connectivity index (χ3v) is 5.13. The van der Waals surface area contributed by atoms with Gasteiger partial charge in [0.05, 0.1) is 0 Å². The van der Waals surface area contributed by atoms with Crippen LogP contribution in [0.15, 0.2) is 29.2 Å². The number of carbonyl (C=O) groups is 1. The van der Waals surface area contributed by atoms with Crippen LogP contribution in [0.4, 0.5) is 0 Å². The fraction of sp³-hybridized carbons (Fsp3) is 0.550. The van der Waals surface area contributed by atoms with E-state index < -0.39 is 0 Å². The molecule has 5 nitrogen and oxygen atoms in total. The lowest BCUT2D eigenvalue weighted by Crippen LogP contribution is -2.44. The zero-order chi connectivity index (χ0) is 18.2. The van der Waals surface area contributed by atoms with Crippen LogP contribution in [-0.4, -0.2) is 21.5 Å². The van der Waals surface area contributed by atoms with E-state index in [0.29, 0.717) is 18.1 Å². The Morgan fingerprint density at radius 1 is 1.40 bits per heavy atom. The van der Waals surface area contributed by atoms with Gasteiger partial charge in [-0.25, -0.2) is 4.98 Å². The summed E-state index contributed by atoms with van der Waals surface area (Å²) in [5, 5.41) is 3.92. The van der Waals surface area contributed by atoms with Crippen LogP contribution >= 0.6 is 0 Å². The maximum atomic E-state index is 12.8. The fourth-order valence-electron chi connectivity index (χ4n) is 4.38. The van der Waals surface area contributed by atoms with Crippen LogP contribution in [0.2, 0.25) is 0 Å². The summed E-state index contributed by atoms with van der Waals surface area (Å²) >= 11 is 0. The summed E-state index contributed by atoms with van der Waals surface area (Å²) in [5.41, 5.74) is 0.777. The smallest absolute Gasteiger partial charge is 0.265 e. The number of carbonyl (C=O) groups excluding carboxylic acids is 1. The summed E-state index contributed by atoms with van der Waals surface area (Å²) in [6.45, 7) is 9.09. The molecule has 1 saturated carbocycles. The van der Waals surface area contributed by atoms with Crippen LogP contribution in [0, 0.1) is 11.3 Å². The highest BCUT2D eigenvalue weighted by Gasteiger charge is 2.33. The molecule has 0 aliphatic heterocycles. The number of fused-ring (bicyclic) bond motifs is 1. The molecule has 3 rings (SSSR count). The number of nitrogens with zero attached hydrogens (tertiary/aromatic N) is 2. The highest BCUT2D eigenvalue weighted by molar-refractivity contribution is 5.97. The number of rotatable bonds is 3. The largest absolute Gasteiger partial charge is 0.349 e. The van der Waals surface area contributed by atoms with Gasteiger partial charge >= 0.3 is 0 Å². The van der Waals surface area contributed by atoms with E-state index in [4.69, 9.17) is 0 Å². The van der Waals surface area contributed by atoms with E-state index in [1.165, 1.54) is 6.42 Å². The minimum absolute atomic E-state index is 0.116. The predicted molar refractivity (Wildman–Crippen MR) is 99.7 cm³/mol. The Labute approximate surface area is 148 Å². The second kappa shape index (κ2) is 6.62. The summed E-state index contributed by atoms with van der Waals surface area (Å²) in [5.74, 6) is 0.301. The molecule has 0 radical (unpaired) electrons.